The zero-order valence-corrected chi connectivity index (χ0v) is 40.3. The summed E-state index contributed by atoms with van der Waals surface area (Å²) >= 11 is 1.91. The van der Waals surface area contributed by atoms with Gasteiger partial charge in [-0.2, -0.15) is 0 Å². The molecule has 5 heterocycles. The molecule has 69 heavy (non-hydrogen) atoms. The Balaban J connectivity index is 1.05. The third kappa shape index (κ3) is 5.75. The molecule has 4 aromatic heterocycles. The van der Waals surface area contributed by atoms with Crippen molar-refractivity contribution >= 4 is 119 Å². The lowest BCUT2D eigenvalue weighted by Crippen LogP contribution is -2.76. The SMILES string of the molecule is c1ccc([Si](c2ccccc2)(c2cccc(-n3c4ccccc4c4c5c(cnc43)[Si](c3ccccc3)(c3ccccc3)c3ccccc3S5)c2)c2ccc3c4ccccc4n4ccnc4c3c2)cc1. The van der Waals surface area contributed by atoms with Crippen LogP contribution in [0.15, 0.2) is 265 Å². The van der Waals surface area contributed by atoms with E-state index in [0.717, 1.165) is 33.4 Å². The van der Waals surface area contributed by atoms with Crippen LogP contribution in [0.4, 0.5) is 0 Å². The summed E-state index contributed by atoms with van der Waals surface area (Å²) < 4.78 is 4.67. The molecule has 0 fully saturated rings. The highest BCUT2D eigenvalue weighted by Crippen LogP contribution is 2.42. The highest BCUT2D eigenvalue weighted by Gasteiger charge is 2.48. The van der Waals surface area contributed by atoms with Crippen molar-refractivity contribution in [3.05, 3.63) is 255 Å². The number of hydrogen-bond acceptors (Lipinski definition) is 3. The summed E-state index contributed by atoms with van der Waals surface area (Å²) in [7, 11) is -5.89. The van der Waals surface area contributed by atoms with Crippen molar-refractivity contribution in [2.24, 2.45) is 0 Å². The summed E-state index contributed by atoms with van der Waals surface area (Å²) in [6.07, 6.45) is 6.26. The Morgan fingerprint density at radius 2 is 1.01 bits per heavy atom. The first-order chi connectivity index (χ1) is 34.2. The molecule has 9 aromatic carbocycles. The minimum Gasteiger partial charge on any atom is -0.299 e. The molecule has 0 saturated carbocycles. The molecule has 0 spiro atoms. The smallest absolute Gasteiger partial charge is 0.183 e. The molecule has 4 nitrogen and oxygen atoms in total. The van der Waals surface area contributed by atoms with Crippen molar-refractivity contribution in [1.82, 2.24) is 18.9 Å². The molecular formula is C62H42N4SSi2. The van der Waals surface area contributed by atoms with Crippen molar-refractivity contribution in [1.29, 1.82) is 0 Å². The standard InChI is InChI=1S/C62H42N4SSi2/c1-5-21-44(22-6-1)68(45-23-7-2-8-24-45,49-36-37-50-51-30-13-15-32-54(51)65-39-38-63-61(65)53(50)41-49)48-29-19-20-43(40-48)66-55-33-16-14-31-52(55)59-60-58(42-64-62(59)66)69(46-25-9-3-10-26-46,47-27-11-4-12-28-47)57-35-18-17-34-56(57)67-60/h1-42H. The van der Waals surface area contributed by atoms with Crippen LogP contribution in [-0.2, 0) is 0 Å². The van der Waals surface area contributed by atoms with E-state index in [4.69, 9.17) is 9.97 Å². The van der Waals surface area contributed by atoms with E-state index in [0.29, 0.717) is 0 Å². The van der Waals surface area contributed by atoms with Gasteiger partial charge in [0.1, 0.15) is 11.3 Å². The summed E-state index contributed by atoms with van der Waals surface area (Å²) in [5.74, 6) is 0. The molecule has 0 aliphatic carbocycles. The molecule has 7 heteroatoms. The van der Waals surface area contributed by atoms with E-state index in [1.807, 2.05) is 18.0 Å². The fraction of sp³-hybridized carbons (Fsp3) is 0. The molecule has 0 bridgehead atoms. The van der Waals surface area contributed by atoms with Crippen LogP contribution < -0.4 is 41.5 Å². The summed E-state index contributed by atoms with van der Waals surface area (Å²) in [4.78, 5) is 13.3. The number of hydrogen-bond donors (Lipinski definition) is 0. The van der Waals surface area contributed by atoms with E-state index < -0.39 is 16.1 Å². The summed E-state index contributed by atoms with van der Waals surface area (Å²) in [6, 6.07) is 88.3. The average Bonchev–Trinajstić information content (AvgIpc) is 4.06. The van der Waals surface area contributed by atoms with Gasteiger partial charge in [-0.1, -0.05) is 218 Å². The van der Waals surface area contributed by atoms with Gasteiger partial charge in [0.05, 0.1) is 11.0 Å². The van der Waals surface area contributed by atoms with Gasteiger partial charge in [-0.15, -0.1) is 0 Å². The van der Waals surface area contributed by atoms with Gasteiger partial charge in [-0.25, -0.2) is 9.97 Å². The first-order valence-electron chi connectivity index (χ1n) is 23.6. The second kappa shape index (κ2) is 15.8. The zero-order chi connectivity index (χ0) is 45.5. The van der Waals surface area contributed by atoms with Gasteiger partial charge in [0.15, 0.2) is 16.1 Å². The molecule has 1 aliphatic heterocycles. The van der Waals surface area contributed by atoms with E-state index in [1.165, 1.54) is 72.8 Å². The molecule has 0 atom stereocenters. The number of nitrogens with zero attached hydrogens (tertiary/aromatic N) is 4. The van der Waals surface area contributed by atoms with E-state index >= 15 is 0 Å². The Morgan fingerprint density at radius 1 is 0.420 bits per heavy atom. The van der Waals surface area contributed by atoms with Gasteiger partial charge in [0.2, 0.25) is 0 Å². The van der Waals surface area contributed by atoms with E-state index in [2.05, 4.69) is 258 Å². The van der Waals surface area contributed by atoms with E-state index in [-0.39, 0.29) is 0 Å². The molecule has 324 valence electrons. The maximum Gasteiger partial charge on any atom is 0.183 e. The molecule has 13 aromatic rings. The highest BCUT2D eigenvalue weighted by atomic mass is 32.2. The Hall–Kier alpha value is -8.08. The molecule has 14 rings (SSSR count). The highest BCUT2D eigenvalue weighted by molar-refractivity contribution is 8.00. The summed E-state index contributed by atoms with van der Waals surface area (Å²) in [5, 5.41) is 16.7. The zero-order valence-electron chi connectivity index (χ0n) is 37.4. The quantitative estimate of drug-likeness (QED) is 0.0909. The van der Waals surface area contributed by atoms with Gasteiger partial charge in [-0.05, 0) is 77.2 Å². The number of aromatic nitrogens is 4. The molecule has 0 radical (unpaired) electrons. The molecule has 0 unspecified atom stereocenters. The molecule has 0 saturated heterocycles. The van der Waals surface area contributed by atoms with Crippen LogP contribution in [0.1, 0.15) is 0 Å². The van der Waals surface area contributed by atoms with Crippen LogP contribution in [-0.4, -0.2) is 35.1 Å². The van der Waals surface area contributed by atoms with Crippen molar-refractivity contribution in [2.75, 3.05) is 0 Å². The number of para-hydroxylation sites is 2. The molecular weight excluding hydrogens is 889 g/mol. The first kappa shape index (κ1) is 40.0. The number of benzene rings is 9. The minimum atomic E-state index is -3.06. The third-order valence-corrected chi connectivity index (χ3v) is 25.8. The Bertz CT molecular complexity index is 4040. The third-order valence-electron chi connectivity index (χ3n) is 14.7. The predicted octanol–water partition coefficient (Wildman–Crippen LogP) is 9.35. The molecule has 0 amide bonds. The second-order valence-corrected chi connectivity index (χ2v) is 26.7. The van der Waals surface area contributed by atoms with Crippen molar-refractivity contribution in [3.63, 3.8) is 0 Å². The largest absolute Gasteiger partial charge is 0.299 e. The fourth-order valence-electron chi connectivity index (χ4n) is 11.9. The van der Waals surface area contributed by atoms with Crippen LogP contribution in [0.25, 0.3) is 54.9 Å². The van der Waals surface area contributed by atoms with Gasteiger partial charge >= 0.3 is 0 Å². The lowest BCUT2D eigenvalue weighted by Gasteiger charge is -2.39. The van der Waals surface area contributed by atoms with Gasteiger partial charge in [-0.3, -0.25) is 8.97 Å². The Kier molecular flexibility index (Phi) is 9.14. The summed E-state index contributed by atoms with van der Waals surface area (Å²) in [6.45, 7) is 0. The minimum absolute atomic E-state index is 0.967. The Labute approximate surface area is 405 Å². The van der Waals surface area contributed by atoms with Crippen LogP contribution in [0.2, 0.25) is 0 Å². The van der Waals surface area contributed by atoms with Crippen molar-refractivity contribution in [3.8, 4) is 5.69 Å². The normalized spacial score (nSPS) is 13.3. The maximum atomic E-state index is 5.66. The van der Waals surface area contributed by atoms with Gasteiger partial charge in [0.25, 0.3) is 0 Å². The predicted molar refractivity (Wildman–Crippen MR) is 294 cm³/mol. The van der Waals surface area contributed by atoms with Crippen LogP contribution >= 0.6 is 11.8 Å². The number of imidazole rings is 1. The number of pyridine rings is 2. The monoisotopic (exact) mass is 930 g/mol. The maximum absolute atomic E-state index is 5.66. The number of fused-ring (bicyclic) bond motifs is 12. The van der Waals surface area contributed by atoms with E-state index in [1.54, 1.807) is 0 Å². The van der Waals surface area contributed by atoms with Crippen molar-refractivity contribution < 1.29 is 0 Å². The van der Waals surface area contributed by atoms with Crippen LogP contribution in [0, 0.1) is 0 Å². The van der Waals surface area contributed by atoms with Crippen LogP contribution in [0.5, 0.6) is 0 Å². The fourth-order valence-corrected chi connectivity index (χ4v) is 23.7. The van der Waals surface area contributed by atoms with Crippen molar-refractivity contribution in [2.45, 2.75) is 9.79 Å². The topological polar surface area (TPSA) is 35.1 Å². The van der Waals surface area contributed by atoms with E-state index in [9.17, 15) is 0 Å². The molecule has 1 aliphatic rings. The first-order valence-corrected chi connectivity index (χ1v) is 28.4. The molecule has 0 N–H and O–H groups in total. The lowest BCUT2D eigenvalue weighted by atomic mass is 10.1. The van der Waals surface area contributed by atoms with Gasteiger partial charge in [0, 0.05) is 55.6 Å². The lowest BCUT2D eigenvalue weighted by molar-refractivity contribution is 1.13. The number of rotatable bonds is 7. The Morgan fingerprint density at radius 3 is 1.74 bits per heavy atom. The second-order valence-electron chi connectivity index (χ2n) is 18.1. The average molecular weight is 931 g/mol. The van der Waals surface area contributed by atoms with Crippen LogP contribution in [0.3, 0.4) is 0 Å². The van der Waals surface area contributed by atoms with Gasteiger partial charge < -0.3 is 0 Å². The summed E-state index contributed by atoms with van der Waals surface area (Å²) in [5.41, 5.74) is 5.32.